The molecule has 1 amide bonds. The molecule has 1 aromatic carbocycles. The molecule has 2 aromatic heterocycles. The number of nitrogens with zero attached hydrogens (tertiary/aromatic N) is 3. The molecule has 0 aliphatic heterocycles. The number of benzene rings is 1. The van der Waals surface area contributed by atoms with Gasteiger partial charge in [-0.25, -0.2) is 0 Å². The number of carbonyl (C=O) groups excluding carboxylic acids is 1. The number of hydrogen-bond donors (Lipinski definition) is 1. The van der Waals surface area contributed by atoms with Crippen LogP contribution in [0.25, 0.3) is 5.65 Å². The lowest BCUT2D eigenvalue weighted by atomic mass is 10.1. The molecule has 0 unspecified atom stereocenters. The number of aryl methyl sites for hydroxylation is 1. The maximum absolute atomic E-state index is 12.3. The molecule has 6 heteroatoms. The Morgan fingerprint density at radius 2 is 2.13 bits per heavy atom. The third-order valence-corrected chi connectivity index (χ3v) is 3.59. The van der Waals surface area contributed by atoms with E-state index in [9.17, 15) is 4.79 Å². The van der Waals surface area contributed by atoms with Gasteiger partial charge in [-0.3, -0.25) is 9.20 Å². The summed E-state index contributed by atoms with van der Waals surface area (Å²) in [6, 6.07) is 11.2. The molecule has 0 atom stereocenters. The quantitative estimate of drug-likeness (QED) is 0.786. The lowest BCUT2D eigenvalue weighted by molar-refractivity contribution is -0.115. The Morgan fingerprint density at radius 1 is 1.26 bits per heavy atom. The van der Waals surface area contributed by atoms with Crippen molar-refractivity contribution in [2.75, 3.05) is 12.4 Å². The van der Waals surface area contributed by atoms with Crippen molar-refractivity contribution in [1.29, 1.82) is 0 Å². The van der Waals surface area contributed by atoms with Crippen molar-refractivity contribution in [2.45, 2.75) is 19.8 Å². The zero-order valence-electron chi connectivity index (χ0n) is 13.1. The number of methoxy groups -OCH3 is 1. The number of fused-ring (bicyclic) bond motifs is 1. The third kappa shape index (κ3) is 3.15. The lowest BCUT2D eigenvalue weighted by Gasteiger charge is -2.07. The molecule has 0 saturated carbocycles. The van der Waals surface area contributed by atoms with Gasteiger partial charge in [0.1, 0.15) is 11.6 Å². The Hall–Kier alpha value is -2.89. The summed E-state index contributed by atoms with van der Waals surface area (Å²) in [5.41, 5.74) is 2.21. The maximum atomic E-state index is 12.3. The van der Waals surface area contributed by atoms with Crippen LogP contribution < -0.4 is 10.1 Å². The summed E-state index contributed by atoms with van der Waals surface area (Å²) in [6.45, 7) is 2.02. The first-order valence-corrected chi connectivity index (χ1v) is 7.46. The van der Waals surface area contributed by atoms with E-state index < -0.39 is 0 Å². The Bertz CT molecular complexity index is 841. The molecule has 118 valence electrons. The summed E-state index contributed by atoms with van der Waals surface area (Å²) in [6.07, 6.45) is 2.95. The van der Waals surface area contributed by atoms with Crippen molar-refractivity contribution >= 4 is 17.2 Å². The summed E-state index contributed by atoms with van der Waals surface area (Å²) >= 11 is 0. The van der Waals surface area contributed by atoms with E-state index in [1.807, 2.05) is 53.9 Å². The SMILES string of the molecule is CCc1nnc2c(NC(=O)Cc3cccc(OC)c3)cccn12. The minimum absolute atomic E-state index is 0.104. The topological polar surface area (TPSA) is 68.5 Å². The second-order valence-corrected chi connectivity index (χ2v) is 5.16. The highest BCUT2D eigenvalue weighted by Gasteiger charge is 2.11. The van der Waals surface area contributed by atoms with Crippen LogP contribution in [-0.2, 0) is 17.6 Å². The van der Waals surface area contributed by atoms with Crippen LogP contribution in [0.1, 0.15) is 18.3 Å². The molecular formula is C17H18N4O2. The van der Waals surface area contributed by atoms with E-state index >= 15 is 0 Å². The van der Waals surface area contributed by atoms with Gasteiger partial charge in [-0.1, -0.05) is 19.1 Å². The monoisotopic (exact) mass is 310 g/mol. The van der Waals surface area contributed by atoms with Crippen LogP contribution in [0, 0.1) is 0 Å². The van der Waals surface area contributed by atoms with Crippen molar-refractivity contribution in [3.63, 3.8) is 0 Å². The molecule has 0 aliphatic rings. The van der Waals surface area contributed by atoms with Crippen molar-refractivity contribution < 1.29 is 9.53 Å². The van der Waals surface area contributed by atoms with Gasteiger partial charge in [0, 0.05) is 12.6 Å². The fourth-order valence-electron chi connectivity index (χ4n) is 2.46. The highest BCUT2D eigenvalue weighted by Crippen LogP contribution is 2.17. The first kappa shape index (κ1) is 15.0. The Kier molecular flexibility index (Phi) is 4.23. The van der Waals surface area contributed by atoms with Crippen LogP contribution in [0.4, 0.5) is 5.69 Å². The minimum atomic E-state index is -0.104. The standard InChI is InChI=1S/C17H18N4O2/c1-3-15-19-20-17-14(8-5-9-21(15)17)18-16(22)11-12-6-4-7-13(10-12)23-2/h4-10H,3,11H2,1-2H3,(H,18,22). The minimum Gasteiger partial charge on any atom is -0.497 e. The van der Waals surface area contributed by atoms with Crippen molar-refractivity contribution in [3.05, 3.63) is 54.0 Å². The van der Waals surface area contributed by atoms with Crippen molar-refractivity contribution in [2.24, 2.45) is 0 Å². The molecule has 0 radical (unpaired) electrons. The number of aromatic nitrogens is 3. The largest absolute Gasteiger partial charge is 0.497 e. The average molecular weight is 310 g/mol. The summed E-state index contributed by atoms with van der Waals surface area (Å²) in [5.74, 6) is 1.50. The van der Waals surface area contributed by atoms with E-state index in [-0.39, 0.29) is 12.3 Å². The number of rotatable bonds is 5. The van der Waals surface area contributed by atoms with Gasteiger partial charge in [0.25, 0.3) is 0 Å². The van der Waals surface area contributed by atoms with E-state index in [0.717, 1.165) is 23.6 Å². The first-order valence-electron chi connectivity index (χ1n) is 7.46. The predicted octanol–water partition coefficient (Wildman–Crippen LogP) is 2.48. The Balaban J connectivity index is 1.79. The summed E-state index contributed by atoms with van der Waals surface area (Å²) in [5, 5.41) is 11.2. The molecule has 0 spiro atoms. The van der Waals surface area contributed by atoms with Gasteiger partial charge in [0.2, 0.25) is 5.91 Å². The fraction of sp³-hybridized carbons (Fsp3) is 0.235. The molecule has 23 heavy (non-hydrogen) atoms. The number of nitrogens with one attached hydrogen (secondary N) is 1. The molecule has 2 heterocycles. The number of carbonyl (C=O) groups is 1. The van der Waals surface area contributed by atoms with Crippen LogP contribution in [0.15, 0.2) is 42.6 Å². The molecule has 0 fully saturated rings. The molecule has 3 aromatic rings. The molecule has 3 rings (SSSR count). The second kappa shape index (κ2) is 6.48. The van der Waals surface area contributed by atoms with Gasteiger partial charge in [-0.05, 0) is 29.8 Å². The summed E-state index contributed by atoms with van der Waals surface area (Å²) in [4.78, 5) is 12.3. The summed E-state index contributed by atoms with van der Waals surface area (Å²) in [7, 11) is 1.61. The number of ether oxygens (including phenoxy) is 1. The van der Waals surface area contributed by atoms with Gasteiger partial charge in [0.15, 0.2) is 5.65 Å². The number of hydrogen-bond acceptors (Lipinski definition) is 4. The summed E-state index contributed by atoms with van der Waals surface area (Å²) < 4.78 is 7.06. The lowest BCUT2D eigenvalue weighted by Crippen LogP contribution is -2.15. The second-order valence-electron chi connectivity index (χ2n) is 5.16. The van der Waals surface area contributed by atoms with Gasteiger partial charge in [-0.15, -0.1) is 10.2 Å². The van der Waals surface area contributed by atoms with Crippen LogP contribution in [0.5, 0.6) is 5.75 Å². The fourth-order valence-corrected chi connectivity index (χ4v) is 2.46. The molecule has 0 bridgehead atoms. The van der Waals surface area contributed by atoms with Crippen LogP contribution in [0.2, 0.25) is 0 Å². The molecule has 6 nitrogen and oxygen atoms in total. The smallest absolute Gasteiger partial charge is 0.228 e. The van der Waals surface area contributed by atoms with Crippen LogP contribution >= 0.6 is 0 Å². The molecule has 1 N–H and O–H groups in total. The average Bonchev–Trinajstić information content (AvgIpc) is 2.99. The highest BCUT2D eigenvalue weighted by atomic mass is 16.5. The van der Waals surface area contributed by atoms with Gasteiger partial charge in [-0.2, -0.15) is 0 Å². The van der Waals surface area contributed by atoms with E-state index in [2.05, 4.69) is 15.5 Å². The van der Waals surface area contributed by atoms with Gasteiger partial charge < -0.3 is 10.1 Å². The molecule has 0 aliphatic carbocycles. The molecule has 0 saturated heterocycles. The normalized spacial score (nSPS) is 10.7. The Labute approximate surface area is 134 Å². The van der Waals surface area contributed by atoms with Crippen LogP contribution in [0.3, 0.4) is 0 Å². The van der Waals surface area contributed by atoms with Gasteiger partial charge >= 0.3 is 0 Å². The van der Waals surface area contributed by atoms with E-state index in [1.165, 1.54) is 0 Å². The zero-order chi connectivity index (χ0) is 16.2. The maximum Gasteiger partial charge on any atom is 0.228 e. The Morgan fingerprint density at radius 3 is 2.91 bits per heavy atom. The van der Waals surface area contributed by atoms with Crippen molar-refractivity contribution in [3.8, 4) is 5.75 Å². The van der Waals surface area contributed by atoms with E-state index in [1.54, 1.807) is 7.11 Å². The number of pyridine rings is 1. The van der Waals surface area contributed by atoms with E-state index in [4.69, 9.17) is 4.74 Å². The highest BCUT2D eigenvalue weighted by molar-refractivity contribution is 5.95. The van der Waals surface area contributed by atoms with Gasteiger partial charge in [0.05, 0.1) is 19.2 Å². The first-order chi connectivity index (χ1) is 11.2. The number of anilines is 1. The van der Waals surface area contributed by atoms with Crippen molar-refractivity contribution in [1.82, 2.24) is 14.6 Å². The number of amides is 1. The predicted molar refractivity (Wildman–Crippen MR) is 87.7 cm³/mol. The third-order valence-electron chi connectivity index (χ3n) is 3.59. The van der Waals surface area contributed by atoms with Crippen LogP contribution in [-0.4, -0.2) is 27.6 Å². The molecular weight excluding hydrogens is 292 g/mol. The van der Waals surface area contributed by atoms with E-state index in [0.29, 0.717) is 11.3 Å². The zero-order valence-corrected chi connectivity index (χ0v) is 13.1.